The maximum Gasteiger partial charge on any atom is 0.335 e. The van der Waals surface area contributed by atoms with Gasteiger partial charge in [-0.15, -0.1) is 0 Å². The number of hydrogen-bond donors (Lipinski definition) is 2. The first-order valence-electron chi connectivity index (χ1n) is 7.70. The Hall–Kier alpha value is -2.26. The van der Waals surface area contributed by atoms with Crippen molar-refractivity contribution < 1.29 is 9.90 Å². The summed E-state index contributed by atoms with van der Waals surface area (Å²) in [4.78, 5) is 11.3. The summed E-state index contributed by atoms with van der Waals surface area (Å²) in [6.07, 6.45) is 5.34. The van der Waals surface area contributed by atoms with Crippen molar-refractivity contribution in [3.8, 4) is 0 Å². The largest absolute Gasteiger partial charge is 0.478 e. The number of fused-ring (bicyclic) bond motifs is 3. The van der Waals surface area contributed by atoms with Gasteiger partial charge in [0.2, 0.25) is 0 Å². The third-order valence-corrected chi connectivity index (χ3v) is 5.19. The van der Waals surface area contributed by atoms with Crippen molar-refractivity contribution in [2.24, 2.45) is 5.92 Å². The zero-order chi connectivity index (χ0) is 16.0. The Bertz CT molecular complexity index is 815. The third kappa shape index (κ3) is 2.32. The number of carboxylic acids is 1. The van der Waals surface area contributed by atoms with Gasteiger partial charge in [0.1, 0.15) is 0 Å². The summed E-state index contributed by atoms with van der Waals surface area (Å²) >= 11 is 6.40. The van der Waals surface area contributed by atoms with E-state index < -0.39 is 5.97 Å². The van der Waals surface area contributed by atoms with Gasteiger partial charge in [-0.25, -0.2) is 4.79 Å². The highest BCUT2D eigenvalue weighted by molar-refractivity contribution is 6.31. The molecule has 0 amide bonds. The van der Waals surface area contributed by atoms with Crippen molar-refractivity contribution in [1.82, 2.24) is 0 Å². The van der Waals surface area contributed by atoms with E-state index in [1.807, 2.05) is 24.3 Å². The van der Waals surface area contributed by atoms with Crippen LogP contribution in [0.2, 0.25) is 5.02 Å². The predicted molar refractivity (Wildman–Crippen MR) is 91.2 cm³/mol. The van der Waals surface area contributed by atoms with E-state index in [2.05, 4.69) is 23.5 Å². The predicted octanol–water partition coefficient (Wildman–Crippen LogP) is 4.86. The van der Waals surface area contributed by atoms with E-state index in [4.69, 9.17) is 11.6 Å². The number of nitrogens with one attached hydrogen (secondary N) is 1. The Morgan fingerprint density at radius 3 is 2.78 bits per heavy atom. The Kier molecular flexibility index (Phi) is 3.38. The van der Waals surface area contributed by atoms with Gasteiger partial charge >= 0.3 is 5.97 Å². The highest BCUT2D eigenvalue weighted by atomic mass is 35.5. The summed E-state index contributed by atoms with van der Waals surface area (Å²) < 4.78 is 0. The monoisotopic (exact) mass is 325 g/mol. The number of anilines is 1. The number of carbonyl (C=O) groups is 1. The fourth-order valence-electron chi connectivity index (χ4n) is 3.76. The van der Waals surface area contributed by atoms with Crippen molar-refractivity contribution in [2.45, 2.75) is 18.4 Å². The van der Waals surface area contributed by atoms with Gasteiger partial charge in [-0.1, -0.05) is 42.0 Å². The molecule has 2 aromatic rings. The fourth-order valence-corrected chi connectivity index (χ4v) is 4.02. The van der Waals surface area contributed by atoms with E-state index in [1.165, 1.54) is 0 Å². The summed E-state index contributed by atoms with van der Waals surface area (Å²) in [5, 5.41) is 13.6. The lowest BCUT2D eigenvalue weighted by atomic mass is 9.76. The molecule has 0 fully saturated rings. The van der Waals surface area contributed by atoms with Crippen molar-refractivity contribution in [3.63, 3.8) is 0 Å². The van der Waals surface area contributed by atoms with Crippen LogP contribution in [0.4, 0.5) is 5.69 Å². The second-order valence-electron chi connectivity index (χ2n) is 6.10. The average Bonchev–Trinajstić information content (AvgIpc) is 3.04. The Balaban J connectivity index is 1.81. The van der Waals surface area contributed by atoms with Crippen LogP contribution in [0.5, 0.6) is 0 Å². The molecule has 0 bridgehead atoms. The lowest BCUT2D eigenvalue weighted by Gasteiger charge is -2.38. The molecule has 1 aliphatic carbocycles. The van der Waals surface area contributed by atoms with Crippen molar-refractivity contribution in [2.75, 3.05) is 5.32 Å². The minimum absolute atomic E-state index is 0.131. The molecular formula is C19H16ClNO2. The Labute approximate surface area is 139 Å². The molecule has 1 aliphatic heterocycles. The summed E-state index contributed by atoms with van der Waals surface area (Å²) in [5.74, 6) is -0.308. The van der Waals surface area contributed by atoms with Crippen molar-refractivity contribution in [1.29, 1.82) is 0 Å². The van der Waals surface area contributed by atoms with Crippen LogP contribution >= 0.6 is 11.6 Å². The van der Waals surface area contributed by atoms with Crippen LogP contribution in [0.25, 0.3) is 0 Å². The second kappa shape index (κ2) is 5.43. The first-order valence-corrected chi connectivity index (χ1v) is 8.08. The lowest BCUT2D eigenvalue weighted by Crippen LogP contribution is -2.29. The molecule has 4 heteroatoms. The van der Waals surface area contributed by atoms with Crippen LogP contribution < -0.4 is 5.32 Å². The molecule has 0 aromatic heterocycles. The molecule has 0 unspecified atom stereocenters. The summed E-state index contributed by atoms with van der Waals surface area (Å²) in [7, 11) is 0. The molecule has 23 heavy (non-hydrogen) atoms. The molecule has 0 saturated heterocycles. The second-order valence-corrected chi connectivity index (χ2v) is 6.51. The van der Waals surface area contributed by atoms with Gasteiger partial charge < -0.3 is 10.4 Å². The summed E-state index contributed by atoms with van der Waals surface area (Å²) in [6, 6.07) is 13.4. The minimum atomic E-state index is -0.889. The highest BCUT2D eigenvalue weighted by Gasteiger charge is 2.38. The summed E-state index contributed by atoms with van der Waals surface area (Å²) in [6.45, 7) is 0. The number of aromatic carboxylic acids is 1. The molecule has 3 atom stereocenters. The average molecular weight is 326 g/mol. The van der Waals surface area contributed by atoms with Crippen LogP contribution in [-0.2, 0) is 0 Å². The van der Waals surface area contributed by atoms with Crippen LogP contribution in [0.3, 0.4) is 0 Å². The molecule has 0 saturated carbocycles. The van der Waals surface area contributed by atoms with Gasteiger partial charge in [0.05, 0.1) is 11.6 Å². The molecule has 116 valence electrons. The number of carboxylic acid groups (broad SMARTS) is 1. The SMILES string of the molecule is O=C(O)c1ccc2c(c1)[C@H]1C=CC[C@@H]1[C@H](c1ccccc1Cl)N2. The maximum atomic E-state index is 11.3. The molecule has 2 aliphatic rings. The van der Waals surface area contributed by atoms with Crippen LogP contribution in [-0.4, -0.2) is 11.1 Å². The number of rotatable bonds is 2. The van der Waals surface area contributed by atoms with E-state index in [-0.39, 0.29) is 12.0 Å². The topological polar surface area (TPSA) is 49.3 Å². The number of benzene rings is 2. The molecule has 3 nitrogen and oxygen atoms in total. The molecule has 0 spiro atoms. The van der Waals surface area contributed by atoms with E-state index >= 15 is 0 Å². The maximum absolute atomic E-state index is 11.3. The van der Waals surface area contributed by atoms with E-state index in [9.17, 15) is 9.90 Å². The number of halogens is 1. The Morgan fingerprint density at radius 1 is 1.17 bits per heavy atom. The van der Waals surface area contributed by atoms with Crippen molar-refractivity contribution >= 4 is 23.3 Å². The molecule has 2 aromatic carbocycles. The normalized spacial score (nSPS) is 24.7. The molecule has 0 radical (unpaired) electrons. The first kappa shape index (κ1) is 14.3. The smallest absolute Gasteiger partial charge is 0.335 e. The van der Waals surface area contributed by atoms with E-state index in [1.54, 1.807) is 12.1 Å². The zero-order valence-corrected chi connectivity index (χ0v) is 13.1. The minimum Gasteiger partial charge on any atom is -0.478 e. The highest BCUT2D eigenvalue weighted by Crippen LogP contribution is 2.50. The quantitative estimate of drug-likeness (QED) is 0.775. The number of allylic oxidation sites excluding steroid dienone is 2. The van der Waals surface area contributed by atoms with E-state index in [0.29, 0.717) is 11.5 Å². The first-order chi connectivity index (χ1) is 11.1. The lowest BCUT2D eigenvalue weighted by molar-refractivity contribution is 0.0696. The van der Waals surface area contributed by atoms with Gasteiger partial charge in [-0.3, -0.25) is 0 Å². The van der Waals surface area contributed by atoms with Gasteiger partial charge in [0.25, 0.3) is 0 Å². The molecule has 4 rings (SSSR count). The van der Waals surface area contributed by atoms with Crippen molar-refractivity contribution in [3.05, 3.63) is 76.3 Å². The van der Waals surface area contributed by atoms with Gasteiger partial charge in [0, 0.05) is 16.6 Å². The van der Waals surface area contributed by atoms with Crippen LogP contribution in [0.15, 0.2) is 54.6 Å². The molecule has 1 heterocycles. The van der Waals surface area contributed by atoms with E-state index in [0.717, 1.165) is 28.3 Å². The standard InChI is InChI=1S/C19H16ClNO2/c20-16-7-2-1-4-14(16)18-13-6-3-5-12(13)15-10-11(19(22)23)8-9-17(15)21-18/h1-5,7-10,12-13,18,21H,6H2,(H,22,23)/t12-,13-,18+/m0/s1. The molecular weight excluding hydrogens is 310 g/mol. The summed E-state index contributed by atoms with van der Waals surface area (Å²) in [5.41, 5.74) is 3.49. The Morgan fingerprint density at radius 2 is 2.00 bits per heavy atom. The third-order valence-electron chi connectivity index (χ3n) is 4.85. The number of hydrogen-bond acceptors (Lipinski definition) is 2. The zero-order valence-electron chi connectivity index (χ0n) is 12.4. The van der Waals surface area contributed by atoms with Crippen LogP contribution in [0.1, 0.15) is 39.9 Å². The molecule has 2 N–H and O–H groups in total. The van der Waals surface area contributed by atoms with Crippen LogP contribution in [0, 0.1) is 5.92 Å². The van der Waals surface area contributed by atoms with Gasteiger partial charge in [-0.2, -0.15) is 0 Å². The fraction of sp³-hybridized carbons (Fsp3) is 0.211. The van der Waals surface area contributed by atoms with Gasteiger partial charge in [0.15, 0.2) is 0 Å². The van der Waals surface area contributed by atoms with Gasteiger partial charge in [-0.05, 0) is 47.7 Å².